The van der Waals surface area contributed by atoms with E-state index in [0.29, 0.717) is 27.6 Å². The minimum Gasteiger partial charge on any atom is -0.493 e. The second kappa shape index (κ2) is 9.05. The number of aliphatic hydroxyl groups is 2. The molecule has 2 aromatic rings. The molecule has 2 rings (SSSR count). The van der Waals surface area contributed by atoms with Crippen LogP contribution in [0.3, 0.4) is 0 Å². The van der Waals surface area contributed by atoms with E-state index in [4.69, 9.17) is 26.2 Å². The van der Waals surface area contributed by atoms with Crippen molar-refractivity contribution < 1.29 is 19.7 Å². The molecule has 0 fully saturated rings. The molecule has 1 aromatic carbocycles. The van der Waals surface area contributed by atoms with Gasteiger partial charge in [-0.25, -0.2) is 0 Å². The van der Waals surface area contributed by atoms with Crippen LogP contribution in [0, 0.1) is 0 Å². The summed E-state index contributed by atoms with van der Waals surface area (Å²) < 4.78 is 12.2. The van der Waals surface area contributed by atoms with E-state index in [9.17, 15) is 9.90 Å². The van der Waals surface area contributed by atoms with Gasteiger partial charge >= 0.3 is 0 Å². The molecule has 1 heterocycles. The third-order valence-corrected chi connectivity index (χ3v) is 4.03. The van der Waals surface area contributed by atoms with Crippen molar-refractivity contribution in [2.45, 2.75) is 19.2 Å². The van der Waals surface area contributed by atoms with Crippen molar-refractivity contribution >= 4 is 22.5 Å². The number of aromatic nitrogens is 1. The Morgan fingerprint density at radius 2 is 1.96 bits per heavy atom. The topological polar surface area (TPSA) is 93.0 Å². The molecule has 0 radical (unpaired) electrons. The molecule has 0 saturated heterocycles. The zero-order chi connectivity index (χ0) is 19.3. The van der Waals surface area contributed by atoms with Crippen molar-refractivity contribution in [3.05, 3.63) is 45.7 Å². The van der Waals surface area contributed by atoms with E-state index in [1.54, 1.807) is 25.3 Å². The Labute approximate surface area is 156 Å². The monoisotopic (exact) mass is 382 g/mol. The lowest BCUT2D eigenvalue weighted by atomic mass is 10.1. The molecule has 26 heavy (non-hydrogen) atoms. The number of hydrogen-bond acceptors (Lipinski definition) is 6. The maximum Gasteiger partial charge on any atom is 0.255 e. The lowest BCUT2D eigenvalue weighted by molar-refractivity contribution is 0.0942. The van der Waals surface area contributed by atoms with Crippen LogP contribution in [-0.4, -0.2) is 48.3 Å². The van der Waals surface area contributed by atoms with Gasteiger partial charge in [0, 0.05) is 35.1 Å². The molecule has 0 bridgehead atoms. The first-order valence-electron chi connectivity index (χ1n) is 8.02. The molecule has 0 amide bonds. The zero-order valence-corrected chi connectivity index (χ0v) is 15.5. The van der Waals surface area contributed by atoms with Crippen LogP contribution in [0.15, 0.2) is 34.6 Å². The average Bonchev–Trinajstić information content (AvgIpc) is 2.63. The van der Waals surface area contributed by atoms with Gasteiger partial charge in [0.05, 0.1) is 39.0 Å². The van der Waals surface area contributed by atoms with Gasteiger partial charge in [-0.15, -0.1) is 0 Å². The predicted octanol–water partition coefficient (Wildman–Crippen LogP) is 1.21. The first kappa shape index (κ1) is 20.3. The number of aliphatic hydroxyl groups excluding tert-OH is 2. The molecule has 1 aromatic heterocycles. The number of rotatable bonds is 9. The predicted molar refractivity (Wildman–Crippen MR) is 101 cm³/mol. The summed E-state index contributed by atoms with van der Waals surface area (Å²) in [4.78, 5) is 12.9. The van der Waals surface area contributed by atoms with Crippen molar-refractivity contribution in [3.63, 3.8) is 0 Å². The van der Waals surface area contributed by atoms with Crippen molar-refractivity contribution in [3.8, 4) is 11.5 Å². The SMILES string of the molecule is C=C(Cl)Cn1c(=O)c(CNC[C@@H](O)CO)cc2cc(OC)c(OC)cc21. The average molecular weight is 383 g/mol. The molecular formula is C18H23ClN2O5. The van der Waals surface area contributed by atoms with E-state index in [-0.39, 0.29) is 31.8 Å². The van der Waals surface area contributed by atoms with E-state index in [1.807, 2.05) is 0 Å². The number of pyridine rings is 1. The van der Waals surface area contributed by atoms with Crippen LogP contribution in [-0.2, 0) is 13.1 Å². The number of allylic oxidation sites excluding steroid dienone is 1. The van der Waals surface area contributed by atoms with Crippen LogP contribution in [0.2, 0.25) is 0 Å². The lowest BCUT2D eigenvalue weighted by Crippen LogP contribution is -2.32. The Hall–Kier alpha value is -2.06. The number of ether oxygens (including phenoxy) is 2. The van der Waals surface area contributed by atoms with Crippen molar-refractivity contribution in [2.75, 3.05) is 27.4 Å². The zero-order valence-electron chi connectivity index (χ0n) is 14.8. The van der Waals surface area contributed by atoms with E-state index in [0.717, 1.165) is 5.39 Å². The summed E-state index contributed by atoms with van der Waals surface area (Å²) in [6.07, 6.45) is -0.885. The van der Waals surface area contributed by atoms with Crippen LogP contribution in [0.5, 0.6) is 11.5 Å². The second-order valence-electron chi connectivity index (χ2n) is 5.81. The number of nitrogens with zero attached hydrogens (tertiary/aromatic N) is 1. The molecular weight excluding hydrogens is 360 g/mol. The van der Waals surface area contributed by atoms with Gasteiger partial charge in [0.2, 0.25) is 0 Å². The first-order valence-corrected chi connectivity index (χ1v) is 8.40. The highest BCUT2D eigenvalue weighted by Gasteiger charge is 2.14. The summed E-state index contributed by atoms with van der Waals surface area (Å²) in [5.41, 5.74) is 0.916. The smallest absolute Gasteiger partial charge is 0.255 e. The molecule has 0 saturated carbocycles. The number of hydrogen-bond donors (Lipinski definition) is 3. The fourth-order valence-corrected chi connectivity index (χ4v) is 2.78. The number of halogens is 1. The Bertz CT molecular complexity index is 850. The van der Waals surface area contributed by atoms with Crippen LogP contribution < -0.4 is 20.3 Å². The van der Waals surface area contributed by atoms with E-state index >= 15 is 0 Å². The first-order chi connectivity index (χ1) is 12.4. The van der Waals surface area contributed by atoms with E-state index in [2.05, 4.69) is 11.9 Å². The number of methoxy groups -OCH3 is 2. The van der Waals surface area contributed by atoms with Gasteiger partial charge in [-0.1, -0.05) is 18.2 Å². The van der Waals surface area contributed by atoms with Gasteiger partial charge in [0.1, 0.15) is 0 Å². The standard InChI is InChI=1S/C18H23ClN2O5/c1-11(19)9-21-15-6-17(26-3)16(25-2)5-12(15)4-13(18(21)24)7-20-8-14(23)10-22/h4-6,14,20,22-23H,1,7-10H2,2-3H3/t14-/m1/s1. The van der Waals surface area contributed by atoms with Crippen LogP contribution in [0.1, 0.15) is 5.56 Å². The molecule has 3 N–H and O–H groups in total. The van der Waals surface area contributed by atoms with E-state index in [1.165, 1.54) is 11.7 Å². The summed E-state index contributed by atoms with van der Waals surface area (Å²) in [6.45, 7) is 3.88. The molecule has 142 valence electrons. The van der Waals surface area contributed by atoms with Crippen molar-refractivity contribution in [2.24, 2.45) is 0 Å². The Kier molecular flexibility index (Phi) is 7.05. The lowest BCUT2D eigenvalue weighted by Gasteiger charge is -2.16. The third-order valence-electron chi connectivity index (χ3n) is 3.91. The Morgan fingerprint density at radius 3 is 2.54 bits per heavy atom. The largest absolute Gasteiger partial charge is 0.493 e. The second-order valence-corrected chi connectivity index (χ2v) is 6.35. The molecule has 0 aliphatic carbocycles. The van der Waals surface area contributed by atoms with Crippen molar-refractivity contribution in [1.29, 1.82) is 0 Å². The summed E-state index contributed by atoms with van der Waals surface area (Å²) in [5.74, 6) is 1.05. The van der Waals surface area contributed by atoms with Gasteiger partial charge in [0.15, 0.2) is 11.5 Å². The van der Waals surface area contributed by atoms with Crippen LogP contribution in [0.25, 0.3) is 10.9 Å². The van der Waals surface area contributed by atoms with Gasteiger partial charge < -0.3 is 29.6 Å². The summed E-state index contributed by atoms with van der Waals surface area (Å²) in [6, 6.07) is 5.26. The normalized spacial score (nSPS) is 12.2. The summed E-state index contributed by atoms with van der Waals surface area (Å²) in [5, 5.41) is 22.3. The van der Waals surface area contributed by atoms with E-state index < -0.39 is 6.10 Å². The van der Waals surface area contributed by atoms with Gasteiger partial charge in [0.25, 0.3) is 5.56 Å². The van der Waals surface area contributed by atoms with Gasteiger partial charge in [-0.05, 0) is 12.1 Å². The maximum atomic E-state index is 12.9. The van der Waals surface area contributed by atoms with Gasteiger partial charge in [-0.2, -0.15) is 0 Å². The fraction of sp³-hybridized carbons (Fsp3) is 0.389. The van der Waals surface area contributed by atoms with Crippen molar-refractivity contribution in [1.82, 2.24) is 9.88 Å². The minimum absolute atomic E-state index is 0.152. The highest BCUT2D eigenvalue weighted by molar-refractivity contribution is 6.29. The highest BCUT2D eigenvalue weighted by atomic mass is 35.5. The Balaban J connectivity index is 2.54. The molecule has 0 spiro atoms. The molecule has 0 unspecified atom stereocenters. The molecule has 7 nitrogen and oxygen atoms in total. The number of fused-ring (bicyclic) bond motifs is 1. The van der Waals surface area contributed by atoms with Crippen LogP contribution in [0.4, 0.5) is 0 Å². The Morgan fingerprint density at radius 1 is 1.31 bits per heavy atom. The van der Waals surface area contributed by atoms with Gasteiger partial charge in [-0.3, -0.25) is 4.79 Å². The minimum atomic E-state index is -0.885. The number of nitrogens with one attached hydrogen (secondary N) is 1. The fourth-order valence-electron chi connectivity index (χ4n) is 2.66. The molecule has 0 aliphatic heterocycles. The third kappa shape index (κ3) is 4.56. The maximum absolute atomic E-state index is 12.9. The molecule has 1 atom stereocenters. The summed E-state index contributed by atoms with van der Waals surface area (Å²) in [7, 11) is 3.07. The molecule has 8 heteroatoms. The molecule has 0 aliphatic rings. The van der Waals surface area contributed by atoms with Crippen LogP contribution >= 0.6 is 11.6 Å². The number of benzene rings is 1. The quantitative estimate of drug-likeness (QED) is 0.603. The summed E-state index contributed by atoms with van der Waals surface area (Å²) >= 11 is 5.95. The highest BCUT2D eigenvalue weighted by Crippen LogP contribution is 2.32.